The summed E-state index contributed by atoms with van der Waals surface area (Å²) in [5, 5.41) is 0. The number of fused-ring (bicyclic) bond motifs is 4. The molecule has 0 spiro atoms. The van der Waals surface area contributed by atoms with Gasteiger partial charge < -0.3 is 37.9 Å². The maximum Gasteiger partial charge on any atom is 0.347 e. The topological polar surface area (TPSA) is 210 Å². The van der Waals surface area contributed by atoms with Gasteiger partial charge in [0, 0.05) is 71.9 Å². The van der Waals surface area contributed by atoms with E-state index in [1.807, 2.05) is 0 Å². The summed E-state index contributed by atoms with van der Waals surface area (Å²) >= 11 is 0. The van der Waals surface area contributed by atoms with E-state index in [1.54, 1.807) is 66.2 Å². The Labute approximate surface area is 458 Å². The van der Waals surface area contributed by atoms with Crippen molar-refractivity contribution < 1.29 is 76.3 Å². The minimum absolute atomic E-state index is 0.146. The molecule has 0 bridgehead atoms. The molecule has 2 aliphatic carbocycles. The summed E-state index contributed by atoms with van der Waals surface area (Å²) in [7, 11) is 3.41. The van der Waals surface area contributed by atoms with Crippen LogP contribution in [0.15, 0.2) is 72.8 Å². The second kappa shape index (κ2) is 31.4. The highest BCUT2D eigenvalue weighted by molar-refractivity contribution is 6.29. The Morgan fingerprint density at radius 1 is 0.333 bits per heavy atom. The van der Waals surface area contributed by atoms with E-state index in [1.165, 1.54) is 101 Å². The van der Waals surface area contributed by atoms with Crippen molar-refractivity contribution in [2.45, 2.75) is 156 Å². The van der Waals surface area contributed by atoms with Gasteiger partial charge in [-0.1, -0.05) is 57.8 Å². The highest BCUT2D eigenvalue weighted by atomic mass is 16.6. The quantitative estimate of drug-likeness (QED) is 0.0284. The van der Waals surface area contributed by atoms with Gasteiger partial charge in [0.2, 0.25) is 0 Å². The molecule has 0 aliphatic heterocycles. The molecule has 0 fully saturated rings. The van der Waals surface area contributed by atoms with Crippen LogP contribution in [0.4, 0.5) is 0 Å². The fourth-order valence-electron chi connectivity index (χ4n) is 8.63. The Morgan fingerprint density at radius 2 is 0.564 bits per heavy atom. The van der Waals surface area contributed by atoms with Crippen molar-refractivity contribution >= 4 is 46.6 Å². The van der Waals surface area contributed by atoms with Gasteiger partial charge in [0.05, 0.1) is 13.2 Å². The molecule has 4 aromatic rings. The summed E-state index contributed by atoms with van der Waals surface area (Å²) in [5.41, 5.74) is 1.82. The maximum absolute atomic E-state index is 13.2. The minimum atomic E-state index is -0.874. The SMILES string of the molecule is COCCCCCCCCCCCCOC(=O)C(C)Oc1ccc2c(c1)C(=O)c1ccc(OC(C)C(C)=O)cc1C2=O.COCCCCCCOC(=O)C(C)Oc1ccc2c(c1)C(=O)c1ccc(OC(C)C(C)=O)cc1C2=O. The molecule has 4 atom stereocenters. The molecule has 4 aromatic carbocycles. The summed E-state index contributed by atoms with van der Waals surface area (Å²) in [6, 6.07) is 18.3. The smallest absolute Gasteiger partial charge is 0.347 e. The van der Waals surface area contributed by atoms with Crippen LogP contribution in [0, 0.1) is 0 Å². The zero-order chi connectivity index (χ0) is 56.7. The predicted octanol–water partition coefficient (Wildman–Crippen LogP) is 11.0. The largest absolute Gasteiger partial charge is 0.483 e. The van der Waals surface area contributed by atoms with Gasteiger partial charge in [-0.2, -0.15) is 0 Å². The number of ketones is 6. The molecule has 0 saturated carbocycles. The van der Waals surface area contributed by atoms with E-state index >= 15 is 0 Å². The van der Waals surface area contributed by atoms with Crippen LogP contribution < -0.4 is 18.9 Å². The summed E-state index contributed by atoms with van der Waals surface area (Å²) in [4.78, 5) is 100. The van der Waals surface area contributed by atoms with E-state index < -0.39 is 36.4 Å². The van der Waals surface area contributed by atoms with E-state index in [0.29, 0.717) is 30.5 Å². The second-order valence-corrected chi connectivity index (χ2v) is 19.7. The number of methoxy groups -OCH3 is 2. The molecular weight excluding hydrogens is 1000 g/mol. The first kappa shape index (κ1) is 61.8. The van der Waals surface area contributed by atoms with E-state index in [9.17, 15) is 38.4 Å². The van der Waals surface area contributed by atoms with Crippen LogP contribution in [0.1, 0.15) is 195 Å². The number of carbonyl (C=O) groups excluding carboxylic acids is 8. The highest BCUT2D eigenvalue weighted by Crippen LogP contribution is 2.34. The Kier molecular flexibility index (Phi) is 24.9. The summed E-state index contributed by atoms with van der Waals surface area (Å²) in [5.74, 6) is -1.30. The third-order valence-corrected chi connectivity index (χ3v) is 13.5. The predicted molar refractivity (Wildman–Crippen MR) is 292 cm³/mol. The highest BCUT2D eigenvalue weighted by Gasteiger charge is 2.33. The molecule has 0 radical (unpaired) electrons. The molecule has 0 N–H and O–H groups in total. The molecule has 0 aromatic heterocycles. The zero-order valence-corrected chi connectivity index (χ0v) is 46.5. The van der Waals surface area contributed by atoms with Crippen molar-refractivity contribution in [1.29, 1.82) is 0 Å². The molecule has 0 saturated heterocycles. The van der Waals surface area contributed by atoms with Gasteiger partial charge in [-0.15, -0.1) is 0 Å². The van der Waals surface area contributed by atoms with E-state index in [0.717, 1.165) is 64.6 Å². The first-order valence-electron chi connectivity index (χ1n) is 27.2. The molecule has 420 valence electrons. The number of unbranched alkanes of at least 4 members (excludes halogenated alkanes) is 12. The fourth-order valence-corrected chi connectivity index (χ4v) is 8.63. The van der Waals surface area contributed by atoms with Gasteiger partial charge in [0.1, 0.15) is 23.0 Å². The standard InChI is InChI=1S/C34H44O8.C28H32O8/c1-23(35)24(2)41-26-15-17-28-30(21-26)32(36)29-18-16-27(22-31(29)33(28)37)42-25(3)34(38)40-20-14-12-10-8-6-5-7-9-11-13-19-39-4;1-17(29)18(2)35-20-9-11-22-24(15-20)26(30)23-12-10-21(16-25(23)27(22)31)36-19(3)28(32)34-14-8-6-5-7-13-33-4/h15-18,21-22,24-25H,5-14,19-20H2,1-4H3;9-12,15-16,18-19H,5-8,13-14H2,1-4H3. The van der Waals surface area contributed by atoms with Crippen molar-refractivity contribution in [3.05, 3.63) is 117 Å². The fraction of sp³-hybridized carbons (Fsp3) is 0.484. The molecule has 78 heavy (non-hydrogen) atoms. The third-order valence-electron chi connectivity index (χ3n) is 13.5. The molecule has 16 heteroatoms. The van der Waals surface area contributed by atoms with Gasteiger partial charge in [0.15, 0.2) is 59.1 Å². The van der Waals surface area contributed by atoms with Gasteiger partial charge in [0.25, 0.3) is 0 Å². The average molecular weight is 1080 g/mol. The monoisotopic (exact) mass is 1080 g/mol. The molecule has 6 rings (SSSR count). The third kappa shape index (κ3) is 18.0. The van der Waals surface area contributed by atoms with Crippen molar-refractivity contribution in [2.24, 2.45) is 0 Å². The number of hydrogen-bond donors (Lipinski definition) is 0. The first-order chi connectivity index (χ1) is 37.4. The van der Waals surface area contributed by atoms with E-state index in [-0.39, 0.29) is 85.0 Å². The average Bonchev–Trinajstić information content (AvgIpc) is 3.54. The number of ether oxygens (including phenoxy) is 8. The first-order valence-corrected chi connectivity index (χ1v) is 27.2. The van der Waals surface area contributed by atoms with Crippen LogP contribution in [0.25, 0.3) is 0 Å². The number of rotatable bonds is 32. The van der Waals surface area contributed by atoms with Gasteiger partial charge in [-0.3, -0.25) is 28.8 Å². The summed E-state index contributed by atoms with van der Waals surface area (Å²) in [6.07, 6.45) is 12.2. The van der Waals surface area contributed by atoms with Gasteiger partial charge in [-0.25, -0.2) is 9.59 Å². The van der Waals surface area contributed by atoms with Gasteiger partial charge in [-0.05, 0) is 146 Å². The van der Waals surface area contributed by atoms with Crippen molar-refractivity contribution in [3.8, 4) is 23.0 Å². The van der Waals surface area contributed by atoms with Crippen molar-refractivity contribution in [1.82, 2.24) is 0 Å². The van der Waals surface area contributed by atoms with E-state index in [4.69, 9.17) is 37.9 Å². The molecule has 0 heterocycles. The van der Waals surface area contributed by atoms with Crippen LogP contribution in [-0.2, 0) is 38.1 Å². The lowest BCUT2D eigenvalue weighted by Gasteiger charge is -2.21. The lowest BCUT2D eigenvalue weighted by Crippen LogP contribution is -2.27. The van der Waals surface area contributed by atoms with Crippen LogP contribution in [0.2, 0.25) is 0 Å². The van der Waals surface area contributed by atoms with Gasteiger partial charge >= 0.3 is 11.9 Å². The normalized spacial score (nSPS) is 13.7. The maximum atomic E-state index is 13.2. The lowest BCUT2D eigenvalue weighted by molar-refractivity contribution is -0.152. The Balaban J connectivity index is 0.000000291. The number of benzene rings is 4. The number of Topliss-reactive ketones (excluding diaryl/α,β-unsaturated/α-hetero) is 2. The van der Waals surface area contributed by atoms with Crippen LogP contribution in [0.3, 0.4) is 0 Å². The van der Waals surface area contributed by atoms with Crippen LogP contribution in [0.5, 0.6) is 23.0 Å². The Bertz CT molecular complexity index is 2740. The zero-order valence-electron chi connectivity index (χ0n) is 46.5. The lowest BCUT2D eigenvalue weighted by atomic mass is 9.84. The summed E-state index contributed by atoms with van der Waals surface area (Å²) in [6.45, 7) is 11.5. The number of hydrogen-bond acceptors (Lipinski definition) is 16. The molecule has 4 unspecified atom stereocenters. The molecule has 16 nitrogen and oxygen atoms in total. The number of carbonyl (C=O) groups is 8. The minimum Gasteiger partial charge on any atom is -0.483 e. The number of esters is 2. The van der Waals surface area contributed by atoms with Crippen LogP contribution >= 0.6 is 0 Å². The molecule has 0 amide bonds. The molecular formula is C62H76O16. The van der Waals surface area contributed by atoms with E-state index in [2.05, 4.69) is 0 Å². The molecule has 2 aliphatic rings. The van der Waals surface area contributed by atoms with Crippen molar-refractivity contribution in [2.75, 3.05) is 40.6 Å². The Hall–Kier alpha value is -7.04. The van der Waals surface area contributed by atoms with Crippen LogP contribution in [-0.4, -0.2) is 112 Å². The van der Waals surface area contributed by atoms with Crippen molar-refractivity contribution in [3.63, 3.8) is 0 Å². The second-order valence-electron chi connectivity index (χ2n) is 19.7. The summed E-state index contributed by atoms with van der Waals surface area (Å²) < 4.78 is 43.4. The Morgan fingerprint density at radius 3 is 0.808 bits per heavy atom.